The van der Waals surface area contributed by atoms with Gasteiger partial charge in [0.1, 0.15) is 17.2 Å². The van der Waals surface area contributed by atoms with Crippen molar-refractivity contribution in [2.24, 2.45) is 0 Å². The van der Waals surface area contributed by atoms with Gasteiger partial charge in [-0.3, -0.25) is 4.57 Å². The van der Waals surface area contributed by atoms with E-state index in [1.807, 2.05) is 19.1 Å². The number of aryl methyl sites for hydroxylation is 1. The van der Waals surface area contributed by atoms with Crippen molar-refractivity contribution >= 4 is 21.4 Å². The van der Waals surface area contributed by atoms with Crippen LogP contribution in [0.25, 0.3) is 28.2 Å². The van der Waals surface area contributed by atoms with Gasteiger partial charge in [-0.15, -0.1) is 0 Å². The normalized spacial score (nSPS) is 12.2. The van der Waals surface area contributed by atoms with Gasteiger partial charge in [-0.05, 0) is 67.8 Å². The van der Waals surface area contributed by atoms with Gasteiger partial charge in [0.2, 0.25) is 0 Å². The number of halogens is 2. The van der Waals surface area contributed by atoms with E-state index >= 15 is 4.39 Å². The lowest BCUT2D eigenvalue weighted by Crippen LogP contribution is -2.15. The number of hydrogen-bond donors (Lipinski definition) is 1. The predicted molar refractivity (Wildman–Crippen MR) is 137 cm³/mol. The Hall–Kier alpha value is -3.00. The van der Waals surface area contributed by atoms with E-state index in [1.165, 1.54) is 12.1 Å². The molecule has 0 unspecified atom stereocenters. The molecule has 0 saturated carbocycles. The van der Waals surface area contributed by atoms with Crippen molar-refractivity contribution in [1.82, 2.24) is 9.55 Å². The summed E-state index contributed by atoms with van der Waals surface area (Å²) in [6, 6.07) is 16.6. The Morgan fingerprint density at radius 3 is 2.37 bits per heavy atom. The Morgan fingerprint density at radius 2 is 1.74 bits per heavy atom. The SMILES string of the molecule is CCS(=O)(=O)c1cccc(-c2ccc(-n3cc(C(C)(C)O)nc3-c3c(C)cccc3Cl)c(F)c2)c1. The van der Waals surface area contributed by atoms with E-state index in [4.69, 9.17) is 11.6 Å². The first-order valence-corrected chi connectivity index (χ1v) is 13.2. The molecule has 8 heteroatoms. The Balaban J connectivity index is 1.87. The molecule has 0 radical (unpaired) electrons. The van der Waals surface area contributed by atoms with Crippen LogP contribution >= 0.6 is 11.6 Å². The Labute approximate surface area is 209 Å². The van der Waals surface area contributed by atoms with Gasteiger partial charge < -0.3 is 5.11 Å². The molecule has 4 aromatic rings. The monoisotopic (exact) mass is 512 g/mol. The summed E-state index contributed by atoms with van der Waals surface area (Å²) in [7, 11) is -3.39. The molecule has 182 valence electrons. The maximum Gasteiger partial charge on any atom is 0.178 e. The molecule has 1 aromatic heterocycles. The maximum atomic E-state index is 15.6. The molecule has 4 rings (SSSR count). The average molecular weight is 513 g/mol. The minimum absolute atomic E-state index is 0.0157. The molecule has 0 amide bonds. The first-order valence-electron chi connectivity index (χ1n) is 11.1. The molecule has 0 aliphatic rings. The highest BCUT2D eigenvalue weighted by Gasteiger charge is 2.25. The zero-order chi connectivity index (χ0) is 25.5. The summed E-state index contributed by atoms with van der Waals surface area (Å²) in [6.45, 7) is 6.70. The lowest BCUT2D eigenvalue weighted by atomic mass is 10.0. The summed E-state index contributed by atoms with van der Waals surface area (Å²) in [4.78, 5) is 4.81. The number of rotatable bonds is 6. The van der Waals surface area contributed by atoms with E-state index in [2.05, 4.69) is 4.98 Å². The zero-order valence-electron chi connectivity index (χ0n) is 19.9. The van der Waals surface area contributed by atoms with Crippen molar-refractivity contribution in [3.8, 4) is 28.2 Å². The number of nitrogens with zero attached hydrogens (tertiary/aromatic N) is 2. The average Bonchev–Trinajstić information content (AvgIpc) is 3.24. The molecule has 3 aromatic carbocycles. The van der Waals surface area contributed by atoms with E-state index in [-0.39, 0.29) is 16.3 Å². The van der Waals surface area contributed by atoms with E-state index in [1.54, 1.807) is 67.9 Å². The molecule has 1 heterocycles. The number of aromatic nitrogens is 2. The molecule has 35 heavy (non-hydrogen) atoms. The third kappa shape index (κ3) is 4.89. The largest absolute Gasteiger partial charge is 0.384 e. The molecule has 0 saturated heterocycles. The van der Waals surface area contributed by atoms with Crippen LogP contribution in [0.3, 0.4) is 0 Å². The maximum absolute atomic E-state index is 15.6. The Bertz CT molecular complexity index is 1500. The number of hydrogen-bond acceptors (Lipinski definition) is 4. The molecule has 5 nitrogen and oxygen atoms in total. The number of sulfone groups is 1. The molecule has 0 aliphatic carbocycles. The van der Waals surface area contributed by atoms with Gasteiger partial charge in [0, 0.05) is 11.8 Å². The zero-order valence-corrected chi connectivity index (χ0v) is 21.5. The first-order chi connectivity index (χ1) is 16.4. The quantitative estimate of drug-likeness (QED) is 0.328. The molecule has 0 spiro atoms. The fraction of sp³-hybridized carbons (Fsp3) is 0.222. The van der Waals surface area contributed by atoms with Gasteiger partial charge in [0.15, 0.2) is 9.84 Å². The van der Waals surface area contributed by atoms with Gasteiger partial charge in [-0.1, -0.05) is 48.9 Å². The highest BCUT2D eigenvalue weighted by Crippen LogP contribution is 2.35. The molecule has 0 atom stereocenters. The van der Waals surface area contributed by atoms with Gasteiger partial charge in [-0.2, -0.15) is 0 Å². The highest BCUT2D eigenvalue weighted by molar-refractivity contribution is 7.91. The second-order valence-corrected chi connectivity index (χ2v) is 11.6. The summed E-state index contributed by atoms with van der Waals surface area (Å²) >= 11 is 6.50. The minimum Gasteiger partial charge on any atom is -0.384 e. The van der Waals surface area contributed by atoms with Gasteiger partial charge in [0.25, 0.3) is 0 Å². The predicted octanol–water partition coefficient (Wildman–Crippen LogP) is 6.33. The topological polar surface area (TPSA) is 72.2 Å². The van der Waals surface area contributed by atoms with Crippen LogP contribution in [0.15, 0.2) is 71.8 Å². The summed E-state index contributed by atoms with van der Waals surface area (Å²) in [5, 5.41) is 11.0. The van der Waals surface area contributed by atoms with Crippen LogP contribution in [0, 0.1) is 12.7 Å². The van der Waals surface area contributed by atoms with Gasteiger partial charge in [-0.25, -0.2) is 17.8 Å². The molecule has 0 fully saturated rings. The minimum atomic E-state index is -3.39. The van der Waals surface area contributed by atoms with Gasteiger partial charge in [0.05, 0.1) is 27.1 Å². The standard InChI is InChI=1S/C27H26ClFN2O3S/c1-5-35(33,34)20-10-7-9-18(14-20)19-12-13-23(22(29)15-19)31-16-24(27(3,4)32)30-26(31)25-17(2)8-6-11-21(25)28/h6-16,32H,5H2,1-4H3. The third-order valence-electron chi connectivity index (χ3n) is 5.89. The lowest BCUT2D eigenvalue weighted by Gasteiger charge is -2.13. The third-order valence-corrected chi connectivity index (χ3v) is 7.94. The lowest BCUT2D eigenvalue weighted by molar-refractivity contribution is 0.0743. The van der Waals surface area contributed by atoms with Gasteiger partial charge >= 0.3 is 0 Å². The van der Waals surface area contributed by atoms with Crippen LogP contribution in [0.5, 0.6) is 0 Å². The van der Waals surface area contributed by atoms with Crippen LogP contribution < -0.4 is 0 Å². The van der Waals surface area contributed by atoms with Crippen LogP contribution in [0.1, 0.15) is 32.0 Å². The van der Waals surface area contributed by atoms with Crippen molar-refractivity contribution < 1.29 is 17.9 Å². The highest BCUT2D eigenvalue weighted by atomic mass is 35.5. The first kappa shape index (κ1) is 25.1. The molecular weight excluding hydrogens is 487 g/mol. The van der Waals surface area contributed by atoms with Crippen LogP contribution in [-0.2, 0) is 15.4 Å². The van der Waals surface area contributed by atoms with Crippen molar-refractivity contribution in [1.29, 1.82) is 0 Å². The Morgan fingerprint density at radius 1 is 1.06 bits per heavy atom. The van der Waals surface area contributed by atoms with E-state index < -0.39 is 21.3 Å². The number of benzene rings is 3. The summed E-state index contributed by atoms with van der Waals surface area (Å²) in [5.41, 5.74) is 1.98. The van der Waals surface area contributed by atoms with Crippen molar-refractivity contribution in [3.63, 3.8) is 0 Å². The fourth-order valence-corrected chi connectivity index (χ4v) is 5.10. The number of imidazole rings is 1. The van der Waals surface area contributed by atoms with E-state index in [9.17, 15) is 13.5 Å². The van der Waals surface area contributed by atoms with E-state index in [0.29, 0.717) is 33.2 Å². The second kappa shape index (κ2) is 9.22. The summed E-state index contributed by atoms with van der Waals surface area (Å²) in [6.07, 6.45) is 1.60. The van der Waals surface area contributed by atoms with E-state index in [0.717, 1.165) is 5.56 Å². The van der Waals surface area contributed by atoms with Crippen LogP contribution in [0.2, 0.25) is 5.02 Å². The smallest absolute Gasteiger partial charge is 0.178 e. The molecular formula is C27H26ClFN2O3S. The number of aliphatic hydroxyl groups is 1. The molecule has 0 aliphatic heterocycles. The Kier molecular flexibility index (Phi) is 6.62. The summed E-state index contributed by atoms with van der Waals surface area (Å²) < 4.78 is 41.7. The van der Waals surface area contributed by atoms with Crippen molar-refractivity contribution in [2.45, 2.75) is 38.2 Å². The van der Waals surface area contributed by atoms with Crippen molar-refractivity contribution in [2.75, 3.05) is 5.75 Å². The van der Waals surface area contributed by atoms with Crippen molar-refractivity contribution in [3.05, 3.63) is 89.0 Å². The van der Waals surface area contributed by atoms with Crippen LogP contribution in [-0.4, -0.2) is 28.8 Å². The fourth-order valence-electron chi connectivity index (χ4n) is 3.87. The molecule has 1 N–H and O–H groups in total. The molecule has 0 bridgehead atoms. The summed E-state index contributed by atoms with van der Waals surface area (Å²) in [5.74, 6) is -0.136. The van der Waals surface area contributed by atoms with Crippen LogP contribution in [0.4, 0.5) is 4.39 Å². The second-order valence-electron chi connectivity index (χ2n) is 8.91.